The van der Waals surface area contributed by atoms with Crippen LogP contribution in [0, 0.1) is 5.82 Å². The SMILES string of the molecule is CCCCc1nn(C)c(N)c1F. The Kier molecular flexibility index (Phi) is 2.68. The van der Waals surface area contributed by atoms with Crippen LogP contribution in [0.2, 0.25) is 0 Å². The molecule has 0 unspecified atom stereocenters. The Hall–Kier alpha value is -1.06. The second-order valence-corrected chi connectivity index (χ2v) is 2.87. The average molecular weight is 171 g/mol. The van der Waals surface area contributed by atoms with Crippen LogP contribution in [0.25, 0.3) is 0 Å². The summed E-state index contributed by atoms with van der Waals surface area (Å²) < 4.78 is 14.5. The molecule has 0 amide bonds. The topological polar surface area (TPSA) is 43.8 Å². The van der Waals surface area contributed by atoms with Gasteiger partial charge in [0.25, 0.3) is 0 Å². The molecule has 1 aromatic heterocycles. The van der Waals surface area contributed by atoms with E-state index in [1.54, 1.807) is 7.05 Å². The molecule has 1 aromatic rings. The Morgan fingerprint density at radius 3 is 2.67 bits per heavy atom. The number of aryl methyl sites for hydroxylation is 2. The van der Waals surface area contributed by atoms with Crippen LogP contribution in [0.3, 0.4) is 0 Å². The number of unbranched alkanes of at least 4 members (excludes halogenated alkanes) is 1. The molecule has 3 nitrogen and oxygen atoms in total. The van der Waals surface area contributed by atoms with Crippen LogP contribution < -0.4 is 5.73 Å². The average Bonchev–Trinajstić information content (AvgIpc) is 2.30. The molecule has 4 heteroatoms. The van der Waals surface area contributed by atoms with Crippen molar-refractivity contribution in [1.82, 2.24) is 9.78 Å². The van der Waals surface area contributed by atoms with Gasteiger partial charge >= 0.3 is 0 Å². The lowest BCUT2D eigenvalue weighted by Gasteiger charge is -1.91. The Bertz CT molecular complexity index is 268. The summed E-state index contributed by atoms with van der Waals surface area (Å²) in [6.45, 7) is 2.06. The molecular weight excluding hydrogens is 157 g/mol. The summed E-state index contributed by atoms with van der Waals surface area (Å²) in [7, 11) is 1.65. The first-order chi connectivity index (χ1) is 5.66. The first-order valence-electron chi connectivity index (χ1n) is 4.13. The molecule has 0 aliphatic rings. The first-order valence-corrected chi connectivity index (χ1v) is 4.13. The Morgan fingerprint density at radius 2 is 2.25 bits per heavy atom. The minimum Gasteiger partial charge on any atom is -0.381 e. The van der Waals surface area contributed by atoms with Crippen molar-refractivity contribution in [2.75, 3.05) is 5.73 Å². The van der Waals surface area contributed by atoms with Gasteiger partial charge in [-0.3, -0.25) is 4.68 Å². The summed E-state index contributed by atoms with van der Waals surface area (Å²) in [5.41, 5.74) is 5.88. The number of nitrogens with zero attached hydrogens (tertiary/aromatic N) is 2. The highest BCUT2D eigenvalue weighted by molar-refractivity contribution is 5.33. The van der Waals surface area contributed by atoms with E-state index in [4.69, 9.17) is 5.73 Å². The summed E-state index contributed by atoms with van der Waals surface area (Å²) in [5, 5.41) is 3.96. The van der Waals surface area contributed by atoms with Crippen LogP contribution >= 0.6 is 0 Å². The van der Waals surface area contributed by atoms with Crippen LogP contribution in [0.5, 0.6) is 0 Å². The van der Waals surface area contributed by atoms with E-state index >= 15 is 0 Å². The smallest absolute Gasteiger partial charge is 0.188 e. The van der Waals surface area contributed by atoms with Gasteiger partial charge in [0, 0.05) is 7.05 Å². The molecule has 0 saturated carbocycles. The van der Waals surface area contributed by atoms with Crippen LogP contribution in [0.1, 0.15) is 25.5 Å². The molecule has 68 valence electrons. The third-order valence-electron chi connectivity index (χ3n) is 1.86. The predicted octanol–water partition coefficient (Wildman–Crippen LogP) is 1.48. The Balaban J connectivity index is 2.79. The normalized spacial score (nSPS) is 10.6. The van der Waals surface area contributed by atoms with E-state index in [0.717, 1.165) is 12.8 Å². The minimum absolute atomic E-state index is 0.126. The highest BCUT2D eigenvalue weighted by Crippen LogP contribution is 2.14. The number of nitrogen functional groups attached to an aromatic ring is 1. The van der Waals surface area contributed by atoms with Gasteiger partial charge in [0.1, 0.15) is 5.69 Å². The monoisotopic (exact) mass is 171 g/mol. The quantitative estimate of drug-likeness (QED) is 0.748. The van der Waals surface area contributed by atoms with E-state index < -0.39 is 0 Å². The predicted molar refractivity (Wildman–Crippen MR) is 46.2 cm³/mol. The molecule has 0 radical (unpaired) electrons. The maximum Gasteiger partial charge on any atom is 0.188 e. The van der Waals surface area contributed by atoms with E-state index in [1.807, 2.05) is 0 Å². The minimum atomic E-state index is -0.356. The molecule has 0 fully saturated rings. The van der Waals surface area contributed by atoms with Crippen LogP contribution in [0.4, 0.5) is 10.2 Å². The van der Waals surface area contributed by atoms with E-state index in [1.165, 1.54) is 4.68 Å². The second kappa shape index (κ2) is 3.56. The van der Waals surface area contributed by atoms with Crippen molar-refractivity contribution in [2.45, 2.75) is 26.2 Å². The van der Waals surface area contributed by atoms with E-state index in [0.29, 0.717) is 12.1 Å². The summed E-state index contributed by atoms with van der Waals surface area (Å²) in [6, 6.07) is 0. The van der Waals surface area contributed by atoms with Gasteiger partial charge in [-0.05, 0) is 12.8 Å². The van der Waals surface area contributed by atoms with Crippen molar-refractivity contribution < 1.29 is 4.39 Å². The first kappa shape index (κ1) is 9.03. The standard InChI is InChI=1S/C8H14FN3/c1-3-4-5-6-7(9)8(10)12(2)11-6/h3-5,10H2,1-2H3. The third kappa shape index (κ3) is 1.57. The van der Waals surface area contributed by atoms with Gasteiger partial charge < -0.3 is 5.73 Å². The molecule has 0 aliphatic carbocycles. The Labute approximate surface area is 71.4 Å². The van der Waals surface area contributed by atoms with Gasteiger partial charge in [-0.1, -0.05) is 13.3 Å². The molecule has 1 heterocycles. The lowest BCUT2D eigenvalue weighted by Crippen LogP contribution is -1.97. The lowest BCUT2D eigenvalue weighted by molar-refractivity contribution is 0.606. The number of anilines is 1. The molecule has 0 saturated heterocycles. The summed E-state index contributed by atoms with van der Waals surface area (Å²) in [6.07, 6.45) is 2.66. The van der Waals surface area contributed by atoms with Gasteiger partial charge in [0.2, 0.25) is 0 Å². The number of hydrogen-bond acceptors (Lipinski definition) is 2. The summed E-state index contributed by atoms with van der Waals surface area (Å²) >= 11 is 0. The van der Waals surface area contributed by atoms with E-state index in [-0.39, 0.29) is 11.6 Å². The van der Waals surface area contributed by atoms with Crippen LogP contribution in [-0.2, 0) is 13.5 Å². The maximum absolute atomic E-state index is 13.1. The van der Waals surface area contributed by atoms with Gasteiger partial charge in [-0.25, -0.2) is 4.39 Å². The molecule has 0 aromatic carbocycles. The van der Waals surface area contributed by atoms with Crippen molar-refractivity contribution in [3.8, 4) is 0 Å². The van der Waals surface area contributed by atoms with Crippen molar-refractivity contribution >= 4 is 5.82 Å². The fraction of sp³-hybridized carbons (Fsp3) is 0.625. The van der Waals surface area contributed by atoms with Gasteiger partial charge in [0.05, 0.1) is 0 Å². The van der Waals surface area contributed by atoms with Crippen LogP contribution in [0.15, 0.2) is 0 Å². The zero-order chi connectivity index (χ0) is 9.14. The van der Waals surface area contributed by atoms with Crippen molar-refractivity contribution in [3.63, 3.8) is 0 Å². The molecule has 0 spiro atoms. The van der Waals surface area contributed by atoms with Gasteiger partial charge in [0.15, 0.2) is 11.6 Å². The fourth-order valence-corrected chi connectivity index (χ4v) is 1.07. The molecular formula is C8H14FN3. The van der Waals surface area contributed by atoms with E-state index in [2.05, 4.69) is 12.0 Å². The zero-order valence-corrected chi connectivity index (χ0v) is 7.47. The summed E-state index contributed by atoms with van der Waals surface area (Å²) in [5.74, 6) is -0.230. The molecule has 2 N–H and O–H groups in total. The number of rotatable bonds is 3. The second-order valence-electron chi connectivity index (χ2n) is 2.87. The molecule has 12 heavy (non-hydrogen) atoms. The number of aromatic nitrogens is 2. The zero-order valence-electron chi connectivity index (χ0n) is 7.47. The maximum atomic E-state index is 13.1. The molecule has 0 bridgehead atoms. The lowest BCUT2D eigenvalue weighted by atomic mass is 10.2. The summed E-state index contributed by atoms with van der Waals surface area (Å²) in [4.78, 5) is 0. The Morgan fingerprint density at radius 1 is 1.58 bits per heavy atom. The molecule has 0 aliphatic heterocycles. The highest BCUT2D eigenvalue weighted by atomic mass is 19.1. The van der Waals surface area contributed by atoms with Gasteiger partial charge in [-0.15, -0.1) is 0 Å². The van der Waals surface area contributed by atoms with Gasteiger partial charge in [-0.2, -0.15) is 5.10 Å². The van der Waals surface area contributed by atoms with E-state index in [9.17, 15) is 4.39 Å². The highest BCUT2D eigenvalue weighted by Gasteiger charge is 2.11. The number of halogens is 1. The number of nitrogens with two attached hydrogens (primary N) is 1. The van der Waals surface area contributed by atoms with Crippen molar-refractivity contribution in [1.29, 1.82) is 0 Å². The third-order valence-corrected chi connectivity index (χ3v) is 1.86. The van der Waals surface area contributed by atoms with Crippen molar-refractivity contribution in [2.24, 2.45) is 7.05 Å². The molecule has 1 rings (SSSR count). The number of hydrogen-bond donors (Lipinski definition) is 1. The van der Waals surface area contributed by atoms with Crippen LogP contribution in [-0.4, -0.2) is 9.78 Å². The van der Waals surface area contributed by atoms with Crippen molar-refractivity contribution in [3.05, 3.63) is 11.5 Å². The largest absolute Gasteiger partial charge is 0.381 e. The molecule has 0 atom stereocenters. The fourth-order valence-electron chi connectivity index (χ4n) is 1.07.